The van der Waals surface area contributed by atoms with E-state index in [9.17, 15) is 0 Å². The summed E-state index contributed by atoms with van der Waals surface area (Å²) in [6, 6.07) is 16.6. The summed E-state index contributed by atoms with van der Waals surface area (Å²) in [4.78, 5) is 9.00. The molecular weight excluding hydrogens is 571 g/mol. The van der Waals surface area contributed by atoms with E-state index < -0.39 is 0 Å². The third-order valence-corrected chi connectivity index (χ3v) is 10.0. The molecule has 2 aromatic carbocycles. The summed E-state index contributed by atoms with van der Waals surface area (Å²) in [5, 5.41) is 20.7. The van der Waals surface area contributed by atoms with Crippen LogP contribution in [0.2, 0.25) is 0 Å². The van der Waals surface area contributed by atoms with Crippen molar-refractivity contribution in [2.45, 2.75) is 37.3 Å². The number of aryl methyl sites for hydroxylation is 2. The van der Waals surface area contributed by atoms with Crippen molar-refractivity contribution in [2.75, 3.05) is 49.4 Å². The predicted octanol–water partition coefficient (Wildman–Crippen LogP) is 10.1. The summed E-state index contributed by atoms with van der Waals surface area (Å²) < 4.78 is 6.25. The first kappa shape index (κ1) is 29.4. The van der Waals surface area contributed by atoms with Crippen molar-refractivity contribution >= 4 is 72.3 Å². The molecule has 1 aliphatic heterocycles. The molecule has 3 heterocycles. The molecule has 5 rings (SSSR count). The molecule has 0 N–H and O–H groups in total. The zero-order valence-electron chi connectivity index (χ0n) is 23.9. The molecule has 0 unspecified atom stereocenters. The van der Waals surface area contributed by atoms with E-state index in [0.717, 1.165) is 75.0 Å². The van der Waals surface area contributed by atoms with E-state index in [4.69, 9.17) is 4.74 Å². The lowest BCUT2D eigenvalue weighted by molar-refractivity contribution is 0.200. The number of azo groups is 2. The van der Waals surface area contributed by atoms with E-state index in [2.05, 4.69) is 92.5 Å². The van der Waals surface area contributed by atoms with Gasteiger partial charge in [0.25, 0.3) is 0 Å². The van der Waals surface area contributed by atoms with Crippen LogP contribution < -0.4 is 9.80 Å². The number of hydrogen-bond donors (Lipinski definition) is 0. The van der Waals surface area contributed by atoms with Gasteiger partial charge in [-0.1, -0.05) is 22.7 Å². The lowest BCUT2D eigenvalue weighted by Crippen LogP contribution is -2.15. The summed E-state index contributed by atoms with van der Waals surface area (Å²) in [6.07, 6.45) is 5.42. The third kappa shape index (κ3) is 7.79. The van der Waals surface area contributed by atoms with Gasteiger partial charge in [0.15, 0.2) is 0 Å². The summed E-state index contributed by atoms with van der Waals surface area (Å²) in [7, 11) is 3.80. The summed E-state index contributed by atoms with van der Waals surface area (Å²) in [5.41, 5.74) is 6.06. The van der Waals surface area contributed by atoms with E-state index in [-0.39, 0.29) is 0 Å². The second kappa shape index (κ2) is 14.2. The minimum Gasteiger partial charge on any atom is -0.385 e. The summed E-state index contributed by atoms with van der Waals surface area (Å²) in [6.45, 7) is 7.21. The van der Waals surface area contributed by atoms with Gasteiger partial charge in [-0.3, -0.25) is 0 Å². The Hall–Kier alpha value is -3.12. The molecule has 214 valence electrons. The largest absolute Gasteiger partial charge is 0.385 e. The molecule has 0 amide bonds. The van der Waals surface area contributed by atoms with E-state index in [1.807, 2.05) is 18.3 Å². The highest BCUT2D eigenvalue weighted by molar-refractivity contribution is 8.01. The SMILES string of the molecule is COCCCSc1cnc(N=Nc2ccc(N(C)c3ccc(N=Nc4ccc(N5CCCC5)s4)cc3C)cc2C)s1. The number of thiazole rings is 1. The standard InChI is InChI=1S/C30H35N7OS3/c1-21-19-24(9-10-25(21)33-35-30-31-20-29(41-30)39-17-7-16-38-4)36(3)26-11-8-23(18-22(26)2)32-34-27-12-13-28(40-27)37-14-5-6-15-37/h8-13,18-20H,5-7,14-17H2,1-4H3. The molecule has 0 atom stereocenters. The Labute approximate surface area is 254 Å². The molecule has 0 bridgehead atoms. The highest BCUT2D eigenvalue weighted by Crippen LogP contribution is 2.37. The van der Waals surface area contributed by atoms with Crippen molar-refractivity contribution < 1.29 is 4.74 Å². The Morgan fingerprint density at radius 2 is 1.80 bits per heavy atom. The fourth-order valence-electron chi connectivity index (χ4n) is 4.60. The van der Waals surface area contributed by atoms with Gasteiger partial charge in [0.05, 0.1) is 26.8 Å². The van der Waals surface area contributed by atoms with Gasteiger partial charge >= 0.3 is 0 Å². The third-order valence-electron chi connectivity index (χ3n) is 6.82. The fraction of sp³-hybridized carbons (Fsp3) is 0.367. The first-order valence-electron chi connectivity index (χ1n) is 13.7. The van der Waals surface area contributed by atoms with Crippen LogP contribution in [0.3, 0.4) is 0 Å². The second-order valence-electron chi connectivity index (χ2n) is 9.86. The highest BCUT2D eigenvalue weighted by atomic mass is 32.2. The fourth-order valence-corrected chi connectivity index (χ4v) is 7.25. The number of ether oxygens (including phenoxy) is 1. The maximum absolute atomic E-state index is 5.11. The quantitative estimate of drug-likeness (QED) is 0.0912. The minimum absolute atomic E-state index is 0.666. The number of rotatable bonds is 12. The average Bonchev–Trinajstić information content (AvgIpc) is 3.76. The van der Waals surface area contributed by atoms with Crippen molar-refractivity contribution in [1.29, 1.82) is 0 Å². The van der Waals surface area contributed by atoms with Crippen molar-refractivity contribution in [3.63, 3.8) is 0 Å². The maximum Gasteiger partial charge on any atom is 0.230 e. The van der Waals surface area contributed by atoms with Gasteiger partial charge in [-0.2, -0.15) is 0 Å². The Balaban J connectivity index is 1.20. The first-order valence-corrected chi connectivity index (χ1v) is 16.3. The monoisotopic (exact) mass is 605 g/mol. The lowest BCUT2D eigenvalue weighted by Gasteiger charge is -2.22. The van der Waals surface area contributed by atoms with Gasteiger partial charge in [-0.15, -0.1) is 32.2 Å². The number of aromatic nitrogens is 1. The predicted molar refractivity (Wildman–Crippen MR) is 174 cm³/mol. The zero-order chi connectivity index (χ0) is 28.6. The lowest BCUT2D eigenvalue weighted by atomic mass is 10.1. The van der Waals surface area contributed by atoms with E-state index >= 15 is 0 Å². The molecule has 4 aromatic rings. The average molecular weight is 606 g/mol. The molecule has 1 aliphatic rings. The minimum atomic E-state index is 0.666. The number of nitrogens with zero attached hydrogens (tertiary/aromatic N) is 7. The van der Waals surface area contributed by atoms with Gasteiger partial charge in [0.2, 0.25) is 5.13 Å². The van der Waals surface area contributed by atoms with Crippen LogP contribution in [-0.4, -0.2) is 44.6 Å². The molecule has 8 nitrogen and oxygen atoms in total. The van der Waals surface area contributed by atoms with Crippen LogP contribution in [0.4, 0.5) is 37.9 Å². The Kier molecular flexibility index (Phi) is 10.2. The molecule has 0 spiro atoms. The van der Waals surface area contributed by atoms with Crippen LogP contribution in [0.5, 0.6) is 0 Å². The van der Waals surface area contributed by atoms with Crippen LogP contribution in [0.25, 0.3) is 0 Å². The number of thioether (sulfide) groups is 1. The maximum atomic E-state index is 5.11. The second-order valence-corrected chi connectivity index (χ2v) is 13.3. The van der Waals surface area contributed by atoms with Crippen LogP contribution in [-0.2, 0) is 4.74 Å². The van der Waals surface area contributed by atoms with Crippen molar-refractivity contribution in [1.82, 2.24) is 4.98 Å². The smallest absolute Gasteiger partial charge is 0.230 e. The molecule has 0 radical (unpaired) electrons. The molecule has 0 aliphatic carbocycles. The van der Waals surface area contributed by atoms with Gasteiger partial charge in [0.1, 0.15) is 5.00 Å². The molecule has 1 fully saturated rings. The molecule has 1 saturated heterocycles. The zero-order valence-corrected chi connectivity index (χ0v) is 26.4. The molecule has 0 saturated carbocycles. The molecule has 11 heteroatoms. The van der Waals surface area contributed by atoms with Gasteiger partial charge in [-0.25, -0.2) is 4.98 Å². The van der Waals surface area contributed by atoms with Crippen LogP contribution in [0, 0.1) is 13.8 Å². The number of thiophene rings is 1. The van der Waals surface area contributed by atoms with Crippen molar-refractivity contribution in [3.8, 4) is 0 Å². The topological polar surface area (TPSA) is 78.0 Å². The van der Waals surface area contributed by atoms with E-state index in [1.54, 1.807) is 41.5 Å². The Morgan fingerprint density at radius 3 is 2.59 bits per heavy atom. The number of anilines is 3. The Bertz CT molecular complexity index is 1510. The van der Waals surface area contributed by atoms with Crippen molar-refractivity contribution in [2.24, 2.45) is 20.5 Å². The van der Waals surface area contributed by atoms with Gasteiger partial charge in [-0.05, 0) is 92.8 Å². The number of hydrogen-bond acceptors (Lipinski definition) is 11. The summed E-state index contributed by atoms with van der Waals surface area (Å²) in [5.74, 6) is 1.00. The molecular formula is C30H35N7OS3. The van der Waals surface area contributed by atoms with Crippen LogP contribution >= 0.6 is 34.4 Å². The van der Waals surface area contributed by atoms with Crippen LogP contribution in [0.1, 0.15) is 30.4 Å². The van der Waals surface area contributed by atoms with Crippen molar-refractivity contribution in [3.05, 3.63) is 65.9 Å². The summed E-state index contributed by atoms with van der Waals surface area (Å²) >= 11 is 5.04. The van der Waals surface area contributed by atoms with E-state index in [0.29, 0.717) is 5.13 Å². The number of benzene rings is 2. The van der Waals surface area contributed by atoms with Gasteiger partial charge in [0, 0.05) is 51.0 Å². The number of methoxy groups -OCH3 is 1. The first-order chi connectivity index (χ1) is 20.0. The van der Waals surface area contributed by atoms with Crippen LogP contribution in [0.15, 0.2) is 79.4 Å². The normalized spacial score (nSPS) is 13.7. The highest BCUT2D eigenvalue weighted by Gasteiger charge is 2.14. The van der Waals surface area contributed by atoms with E-state index in [1.165, 1.54) is 17.8 Å². The molecule has 41 heavy (non-hydrogen) atoms. The molecule has 2 aromatic heterocycles. The van der Waals surface area contributed by atoms with Gasteiger partial charge < -0.3 is 14.5 Å². The Morgan fingerprint density at radius 1 is 0.951 bits per heavy atom.